The molecule has 0 aliphatic rings. The van der Waals surface area contributed by atoms with Crippen molar-refractivity contribution in [1.29, 1.82) is 0 Å². The molecule has 2 N–H and O–H groups in total. The predicted molar refractivity (Wildman–Crippen MR) is 82.3 cm³/mol. The standard InChI is InChI=1S/C14H18BN3O3/c1-14(2,3)21-11(19)7-18-10-5-4-8(15)6-9(10)12(17-18)13(16)20/h4-6H,7,15H2,1-3H3,(H2,16,20). The number of hydrogen-bond acceptors (Lipinski definition) is 4. The fourth-order valence-corrected chi connectivity index (χ4v) is 2.09. The van der Waals surface area contributed by atoms with Crippen molar-refractivity contribution >= 4 is 36.1 Å². The lowest BCUT2D eigenvalue weighted by Crippen LogP contribution is -2.27. The molecule has 0 radical (unpaired) electrons. The van der Waals surface area contributed by atoms with Gasteiger partial charge in [0.05, 0.1) is 5.52 Å². The minimum Gasteiger partial charge on any atom is -0.459 e. The fourth-order valence-electron chi connectivity index (χ4n) is 2.09. The first-order valence-corrected chi connectivity index (χ1v) is 6.66. The summed E-state index contributed by atoms with van der Waals surface area (Å²) in [5.74, 6) is -1.03. The number of carbonyl (C=O) groups excluding carboxylic acids is 2. The summed E-state index contributed by atoms with van der Waals surface area (Å²) in [5.41, 5.74) is 6.61. The summed E-state index contributed by atoms with van der Waals surface area (Å²) in [4.78, 5) is 23.4. The zero-order valence-electron chi connectivity index (χ0n) is 12.6. The Hall–Kier alpha value is -2.31. The van der Waals surface area contributed by atoms with Crippen molar-refractivity contribution < 1.29 is 14.3 Å². The molecule has 21 heavy (non-hydrogen) atoms. The highest BCUT2D eigenvalue weighted by molar-refractivity contribution is 6.33. The van der Waals surface area contributed by atoms with Crippen LogP contribution in [-0.4, -0.2) is 35.1 Å². The molecule has 0 saturated carbocycles. The third kappa shape index (κ3) is 3.42. The van der Waals surface area contributed by atoms with E-state index in [0.29, 0.717) is 10.9 Å². The van der Waals surface area contributed by atoms with E-state index < -0.39 is 17.5 Å². The molecule has 2 rings (SSSR count). The predicted octanol–water partition coefficient (Wildman–Crippen LogP) is -0.265. The number of aromatic nitrogens is 2. The third-order valence-electron chi connectivity index (χ3n) is 2.84. The third-order valence-corrected chi connectivity index (χ3v) is 2.84. The summed E-state index contributed by atoms with van der Waals surface area (Å²) in [6.07, 6.45) is 0. The Morgan fingerprint density at radius 3 is 2.62 bits per heavy atom. The number of hydrogen-bond donors (Lipinski definition) is 1. The minimum absolute atomic E-state index is 0.0654. The Kier molecular flexibility index (Phi) is 3.76. The summed E-state index contributed by atoms with van der Waals surface area (Å²) in [6, 6.07) is 5.53. The number of amides is 1. The van der Waals surface area contributed by atoms with Crippen molar-refractivity contribution in [3.8, 4) is 0 Å². The van der Waals surface area contributed by atoms with E-state index in [-0.39, 0.29) is 12.2 Å². The highest BCUT2D eigenvalue weighted by Crippen LogP contribution is 2.17. The molecule has 6 nitrogen and oxygen atoms in total. The maximum Gasteiger partial charge on any atom is 0.328 e. The quantitative estimate of drug-likeness (QED) is 0.622. The maximum absolute atomic E-state index is 11.9. The van der Waals surface area contributed by atoms with Crippen molar-refractivity contribution in [1.82, 2.24) is 9.78 Å². The van der Waals surface area contributed by atoms with Crippen LogP contribution in [0.4, 0.5) is 0 Å². The van der Waals surface area contributed by atoms with Crippen LogP contribution in [-0.2, 0) is 16.1 Å². The number of rotatable bonds is 3. The zero-order valence-corrected chi connectivity index (χ0v) is 12.6. The average molecular weight is 287 g/mol. The molecule has 2 aromatic rings. The van der Waals surface area contributed by atoms with E-state index in [0.717, 1.165) is 5.46 Å². The minimum atomic E-state index is -0.617. The van der Waals surface area contributed by atoms with Gasteiger partial charge in [-0.3, -0.25) is 14.3 Å². The number of primary amides is 1. The molecular formula is C14H18BN3O3. The van der Waals surface area contributed by atoms with Crippen molar-refractivity contribution in [2.24, 2.45) is 5.73 Å². The van der Waals surface area contributed by atoms with Crippen molar-refractivity contribution in [2.45, 2.75) is 32.9 Å². The van der Waals surface area contributed by atoms with E-state index in [1.54, 1.807) is 20.8 Å². The summed E-state index contributed by atoms with van der Waals surface area (Å²) in [5, 5.41) is 4.79. The van der Waals surface area contributed by atoms with Crippen LogP contribution in [0.1, 0.15) is 31.3 Å². The van der Waals surface area contributed by atoms with Gasteiger partial charge >= 0.3 is 5.97 Å². The van der Waals surface area contributed by atoms with Gasteiger partial charge in [0.25, 0.3) is 5.91 Å². The molecule has 0 aliphatic heterocycles. The van der Waals surface area contributed by atoms with E-state index in [1.165, 1.54) is 4.68 Å². The van der Waals surface area contributed by atoms with E-state index in [4.69, 9.17) is 10.5 Å². The molecular weight excluding hydrogens is 269 g/mol. The molecule has 1 aromatic carbocycles. The van der Waals surface area contributed by atoms with Crippen molar-refractivity contribution in [2.75, 3.05) is 0 Å². The van der Waals surface area contributed by atoms with Gasteiger partial charge in [-0.05, 0) is 26.8 Å². The van der Waals surface area contributed by atoms with E-state index in [1.807, 2.05) is 26.0 Å². The van der Waals surface area contributed by atoms with Crippen LogP contribution in [0.15, 0.2) is 18.2 Å². The molecule has 0 fully saturated rings. The van der Waals surface area contributed by atoms with Gasteiger partial charge in [-0.15, -0.1) is 0 Å². The highest BCUT2D eigenvalue weighted by Gasteiger charge is 2.20. The molecule has 0 bridgehead atoms. The second-order valence-corrected chi connectivity index (χ2v) is 5.98. The zero-order chi connectivity index (χ0) is 15.8. The Labute approximate surface area is 123 Å². The SMILES string of the molecule is Bc1ccc2c(c1)c(C(N)=O)nn2CC(=O)OC(C)(C)C. The Morgan fingerprint density at radius 2 is 2.05 bits per heavy atom. The molecule has 0 spiro atoms. The maximum atomic E-state index is 11.9. The molecule has 0 saturated heterocycles. The molecule has 0 aliphatic carbocycles. The van der Waals surface area contributed by atoms with Crippen molar-refractivity contribution in [3.05, 3.63) is 23.9 Å². The van der Waals surface area contributed by atoms with Crippen LogP contribution in [0, 0.1) is 0 Å². The van der Waals surface area contributed by atoms with Crippen LogP contribution >= 0.6 is 0 Å². The van der Waals surface area contributed by atoms with Gasteiger partial charge in [0.2, 0.25) is 0 Å². The smallest absolute Gasteiger partial charge is 0.328 e. The largest absolute Gasteiger partial charge is 0.459 e. The van der Waals surface area contributed by atoms with Crippen LogP contribution in [0.2, 0.25) is 0 Å². The Bertz CT molecular complexity index is 716. The number of nitrogens with two attached hydrogens (primary N) is 1. The molecule has 1 amide bonds. The van der Waals surface area contributed by atoms with Gasteiger partial charge in [0, 0.05) is 5.39 Å². The van der Waals surface area contributed by atoms with E-state index in [9.17, 15) is 9.59 Å². The molecule has 1 heterocycles. The summed E-state index contributed by atoms with van der Waals surface area (Å²) in [6.45, 7) is 5.32. The van der Waals surface area contributed by atoms with E-state index in [2.05, 4.69) is 5.10 Å². The van der Waals surface area contributed by atoms with Gasteiger partial charge in [-0.1, -0.05) is 17.6 Å². The lowest BCUT2D eigenvalue weighted by atomic mass is 9.94. The van der Waals surface area contributed by atoms with Crippen LogP contribution in [0.5, 0.6) is 0 Å². The first kappa shape index (κ1) is 15.1. The summed E-state index contributed by atoms with van der Waals surface area (Å²) >= 11 is 0. The average Bonchev–Trinajstić information content (AvgIpc) is 2.64. The molecule has 1 aromatic heterocycles. The number of carbonyl (C=O) groups is 2. The lowest BCUT2D eigenvalue weighted by Gasteiger charge is -2.19. The lowest BCUT2D eigenvalue weighted by molar-refractivity contribution is -0.155. The van der Waals surface area contributed by atoms with Crippen LogP contribution in [0.3, 0.4) is 0 Å². The van der Waals surface area contributed by atoms with Gasteiger partial charge < -0.3 is 10.5 Å². The molecule has 7 heteroatoms. The molecule has 0 atom stereocenters. The second-order valence-electron chi connectivity index (χ2n) is 5.98. The van der Waals surface area contributed by atoms with Crippen molar-refractivity contribution in [3.63, 3.8) is 0 Å². The topological polar surface area (TPSA) is 87.2 Å². The number of fused-ring (bicyclic) bond motifs is 1. The second kappa shape index (κ2) is 5.23. The van der Waals surface area contributed by atoms with Gasteiger partial charge in [0.15, 0.2) is 5.69 Å². The number of ether oxygens (including phenoxy) is 1. The monoisotopic (exact) mass is 287 g/mol. The normalized spacial score (nSPS) is 11.6. The highest BCUT2D eigenvalue weighted by atomic mass is 16.6. The summed E-state index contributed by atoms with van der Waals surface area (Å²) < 4.78 is 6.72. The van der Waals surface area contributed by atoms with Gasteiger partial charge in [-0.25, -0.2) is 0 Å². The first-order valence-electron chi connectivity index (χ1n) is 6.66. The summed E-state index contributed by atoms with van der Waals surface area (Å²) in [7, 11) is 1.91. The molecule has 0 unspecified atom stereocenters. The molecule has 110 valence electrons. The van der Waals surface area contributed by atoms with Gasteiger partial charge in [-0.2, -0.15) is 5.10 Å². The van der Waals surface area contributed by atoms with Crippen LogP contribution in [0.25, 0.3) is 10.9 Å². The number of esters is 1. The number of benzene rings is 1. The first-order chi connectivity index (χ1) is 9.67. The van der Waals surface area contributed by atoms with E-state index >= 15 is 0 Å². The number of nitrogens with zero attached hydrogens (tertiary/aromatic N) is 2. The fraction of sp³-hybridized carbons (Fsp3) is 0.357. The Morgan fingerprint density at radius 1 is 1.38 bits per heavy atom. The Balaban J connectivity index is 2.41. The van der Waals surface area contributed by atoms with Gasteiger partial charge in [0.1, 0.15) is 20.0 Å². The van der Waals surface area contributed by atoms with Crippen LogP contribution < -0.4 is 11.2 Å².